The largest absolute Gasteiger partial charge is 0.459 e. The Kier molecular flexibility index (Phi) is 8.83. The molecule has 2 N–H and O–H groups in total. The quantitative estimate of drug-likeness (QED) is 0.590. The lowest BCUT2D eigenvalue weighted by atomic mass is 9.95. The number of hydrogen-bond acceptors (Lipinski definition) is 5. The summed E-state index contributed by atoms with van der Waals surface area (Å²) >= 11 is 0. The third kappa shape index (κ3) is 6.42. The van der Waals surface area contributed by atoms with E-state index >= 15 is 0 Å². The summed E-state index contributed by atoms with van der Waals surface area (Å²) < 4.78 is 5.08. The minimum Gasteiger partial charge on any atom is -0.459 e. The van der Waals surface area contributed by atoms with Crippen molar-refractivity contribution in [2.45, 2.75) is 64.0 Å². The summed E-state index contributed by atoms with van der Waals surface area (Å²) in [6, 6.07) is 6.04. The maximum absolute atomic E-state index is 13.4. The summed E-state index contributed by atoms with van der Waals surface area (Å²) in [5, 5.41) is 5.75. The second-order valence-electron chi connectivity index (χ2n) is 8.13. The number of amides is 3. The maximum Gasteiger partial charge on any atom is 0.287 e. The van der Waals surface area contributed by atoms with Gasteiger partial charge in [-0.15, -0.1) is 0 Å². The lowest BCUT2D eigenvalue weighted by Gasteiger charge is -2.33. The van der Waals surface area contributed by atoms with Gasteiger partial charge in [0.25, 0.3) is 5.91 Å². The van der Waals surface area contributed by atoms with E-state index in [-0.39, 0.29) is 30.2 Å². The zero-order valence-corrected chi connectivity index (χ0v) is 18.6. The van der Waals surface area contributed by atoms with Gasteiger partial charge in [-0.3, -0.25) is 19.4 Å². The highest BCUT2D eigenvalue weighted by Crippen LogP contribution is 2.24. The van der Waals surface area contributed by atoms with Crippen LogP contribution in [0.4, 0.5) is 0 Å². The molecule has 0 aromatic carbocycles. The van der Waals surface area contributed by atoms with Crippen molar-refractivity contribution in [1.29, 1.82) is 0 Å². The van der Waals surface area contributed by atoms with E-state index in [1.807, 2.05) is 13.0 Å². The van der Waals surface area contributed by atoms with Crippen molar-refractivity contribution in [2.24, 2.45) is 0 Å². The number of aromatic nitrogens is 1. The van der Waals surface area contributed by atoms with Crippen molar-refractivity contribution in [3.63, 3.8) is 0 Å². The molecule has 3 amide bonds. The number of furan rings is 1. The van der Waals surface area contributed by atoms with Crippen molar-refractivity contribution in [2.75, 3.05) is 13.1 Å². The van der Waals surface area contributed by atoms with Crippen LogP contribution < -0.4 is 10.6 Å². The van der Waals surface area contributed by atoms with Gasteiger partial charge >= 0.3 is 0 Å². The molecule has 0 saturated heterocycles. The Balaban J connectivity index is 1.78. The minimum atomic E-state index is -0.801. The van der Waals surface area contributed by atoms with Crippen LogP contribution in [-0.2, 0) is 9.59 Å². The van der Waals surface area contributed by atoms with Crippen molar-refractivity contribution < 1.29 is 18.8 Å². The fourth-order valence-corrected chi connectivity index (χ4v) is 4.02. The lowest BCUT2D eigenvalue weighted by Crippen LogP contribution is -2.49. The predicted molar refractivity (Wildman–Crippen MR) is 120 cm³/mol. The molecular formula is C24H32N4O4. The number of carbonyl (C=O) groups is 3. The monoisotopic (exact) mass is 440 g/mol. The van der Waals surface area contributed by atoms with E-state index in [9.17, 15) is 14.4 Å². The Morgan fingerprint density at radius 1 is 1.19 bits per heavy atom. The molecule has 0 unspecified atom stereocenters. The zero-order chi connectivity index (χ0) is 22.8. The van der Waals surface area contributed by atoms with E-state index in [4.69, 9.17) is 4.42 Å². The van der Waals surface area contributed by atoms with E-state index in [2.05, 4.69) is 15.6 Å². The average molecular weight is 441 g/mol. The summed E-state index contributed by atoms with van der Waals surface area (Å²) in [6.07, 6.45) is 11.6. The number of rotatable bonds is 10. The molecule has 2 aromatic rings. The number of pyridine rings is 1. The molecular weight excluding hydrogens is 408 g/mol. The molecule has 1 saturated carbocycles. The first-order chi connectivity index (χ1) is 15.6. The number of nitrogens with one attached hydrogen (secondary N) is 2. The fourth-order valence-electron chi connectivity index (χ4n) is 4.02. The molecule has 8 heteroatoms. The molecule has 172 valence electrons. The van der Waals surface area contributed by atoms with Crippen LogP contribution in [0, 0.1) is 0 Å². The number of hydrogen-bond donors (Lipinski definition) is 2. The molecule has 2 aromatic heterocycles. The summed E-state index contributed by atoms with van der Waals surface area (Å²) in [6.45, 7) is 2.21. The molecule has 0 radical (unpaired) electrons. The normalized spacial score (nSPS) is 15.0. The third-order valence-electron chi connectivity index (χ3n) is 5.73. The summed E-state index contributed by atoms with van der Waals surface area (Å²) in [5.41, 5.74) is 0.655. The molecule has 32 heavy (non-hydrogen) atoms. The molecule has 1 aliphatic carbocycles. The van der Waals surface area contributed by atoms with Crippen LogP contribution in [0.5, 0.6) is 0 Å². The molecule has 0 bridgehead atoms. The molecule has 1 aliphatic rings. The first-order valence-corrected chi connectivity index (χ1v) is 11.4. The second kappa shape index (κ2) is 12.0. The molecule has 0 aliphatic heterocycles. The van der Waals surface area contributed by atoms with Crippen LogP contribution >= 0.6 is 0 Å². The highest BCUT2D eigenvalue weighted by atomic mass is 16.3. The standard InChI is InChI=1S/C24H32N4O4/c1-2-3-14-28(21(29)17-26-23(30)20-12-8-15-32-20)22(18-9-7-13-25-16-18)24(31)27-19-10-5-4-6-11-19/h7-9,12-13,15-16,19,22H,2-6,10-11,14,17H2,1H3,(H,26,30)(H,27,31)/t22-/m0/s1. The maximum atomic E-state index is 13.4. The van der Waals surface area contributed by atoms with Gasteiger partial charge in [0.1, 0.15) is 6.04 Å². The van der Waals surface area contributed by atoms with Crippen LogP contribution in [0.15, 0.2) is 47.3 Å². The predicted octanol–water partition coefficient (Wildman–Crippen LogP) is 3.22. The highest BCUT2D eigenvalue weighted by Gasteiger charge is 2.32. The highest BCUT2D eigenvalue weighted by molar-refractivity contribution is 5.95. The van der Waals surface area contributed by atoms with Crippen LogP contribution in [-0.4, -0.2) is 46.7 Å². The fraction of sp³-hybridized carbons (Fsp3) is 0.500. The van der Waals surface area contributed by atoms with Gasteiger partial charge in [0.05, 0.1) is 12.8 Å². The van der Waals surface area contributed by atoms with E-state index in [0.29, 0.717) is 12.1 Å². The first-order valence-electron chi connectivity index (χ1n) is 11.4. The van der Waals surface area contributed by atoms with E-state index < -0.39 is 11.9 Å². The Morgan fingerprint density at radius 3 is 2.66 bits per heavy atom. The van der Waals surface area contributed by atoms with E-state index in [1.165, 1.54) is 18.8 Å². The average Bonchev–Trinajstić information content (AvgIpc) is 3.36. The van der Waals surface area contributed by atoms with Gasteiger partial charge in [0, 0.05) is 30.5 Å². The SMILES string of the molecule is CCCCN(C(=O)CNC(=O)c1ccco1)[C@H](C(=O)NC1CCCCC1)c1cccnc1. The van der Waals surface area contributed by atoms with Crippen LogP contribution in [0.2, 0.25) is 0 Å². The van der Waals surface area contributed by atoms with E-state index in [0.717, 1.165) is 38.5 Å². The van der Waals surface area contributed by atoms with Gasteiger partial charge in [-0.1, -0.05) is 38.7 Å². The third-order valence-corrected chi connectivity index (χ3v) is 5.73. The van der Waals surface area contributed by atoms with Gasteiger partial charge in [0.2, 0.25) is 11.8 Å². The van der Waals surface area contributed by atoms with Gasteiger partial charge in [0.15, 0.2) is 5.76 Å². The number of unbranched alkanes of at least 4 members (excludes halogenated alkanes) is 1. The Bertz CT molecular complexity index is 863. The van der Waals surface area contributed by atoms with Gasteiger partial charge in [-0.05, 0) is 37.5 Å². The molecule has 1 fully saturated rings. The van der Waals surface area contributed by atoms with Crippen LogP contribution in [0.3, 0.4) is 0 Å². The first kappa shape index (κ1) is 23.5. The van der Waals surface area contributed by atoms with Crippen molar-refractivity contribution >= 4 is 17.7 Å². The molecule has 0 spiro atoms. The van der Waals surface area contributed by atoms with Gasteiger partial charge < -0.3 is 20.0 Å². The minimum absolute atomic E-state index is 0.122. The van der Waals surface area contributed by atoms with Crippen LogP contribution in [0.25, 0.3) is 0 Å². The number of carbonyl (C=O) groups excluding carboxylic acids is 3. The molecule has 2 heterocycles. The molecule has 3 rings (SSSR count). The van der Waals surface area contributed by atoms with Gasteiger partial charge in [-0.2, -0.15) is 0 Å². The zero-order valence-electron chi connectivity index (χ0n) is 18.6. The summed E-state index contributed by atoms with van der Waals surface area (Å²) in [5.74, 6) is -0.863. The van der Waals surface area contributed by atoms with Crippen LogP contribution in [0.1, 0.15) is 74.0 Å². The Labute approximate surface area is 188 Å². The Morgan fingerprint density at radius 2 is 2.00 bits per heavy atom. The van der Waals surface area contributed by atoms with Crippen molar-refractivity contribution in [3.8, 4) is 0 Å². The topological polar surface area (TPSA) is 105 Å². The van der Waals surface area contributed by atoms with Crippen molar-refractivity contribution in [3.05, 3.63) is 54.2 Å². The van der Waals surface area contributed by atoms with E-state index in [1.54, 1.807) is 29.4 Å². The summed E-state index contributed by atoms with van der Waals surface area (Å²) in [4.78, 5) is 44.6. The van der Waals surface area contributed by atoms with Gasteiger partial charge in [-0.25, -0.2) is 0 Å². The second-order valence-corrected chi connectivity index (χ2v) is 8.13. The molecule has 1 atom stereocenters. The van der Waals surface area contributed by atoms with Crippen molar-refractivity contribution in [1.82, 2.24) is 20.5 Å². The summed E-state index contributed by atoms with van der Waals surface area (Å²) in [7, 11) is 0. The molecule has 8 nitrogen and oxygen atoms in total. The number of nitrogens with zero attached hydrogens (tertiary/aromatic N) is 2. The lowest BCUT2D eigenvalue weighted by molar-refractivity contribution is -0.140. The smallest absolute Gasteiger partial charge is 0.287 e. The Hall–Kier alpha value is -3.16.